The van der Waals surface area contributed by atoms with E-state index < -0.39 is 12.1 Å². The molecule has 0 fully saturated rings. The maximum atomic E-state index is 12.0. The fourth-order valence-corrected chi connectivity index (χ4v) is 2.40. The van der Waals surface area contributed by atoms with Crippen LogP contribution in [0.4, 0.5) is 4.79 Å². The van der Waals surface area contributed by atoms with Gasteiger partial charge in [-0.15, -0.1) is 0 Å². The first kappa shape index (κ1) is 18.7. The van der Waals surface area contributed by atoms with Crippen LogP contribution in [0.5, 0.6) is 11.5 Å². The third kappa shape index (κ3) is 4.90. The van der Waals surface area contributed by atoms with Gasteiger partial charge in [-0.1, -0.05) is 0 Å². The number of hydrogen-bond acceptors (Lipinski definition) is 5. The zero-order valence-corrected chi connectivity index (χ0v) is 14.8. The molecule has 0 saturated carbocycles. The number of carbonyl (C=O) groups excluding carboxylic acids is 1. The number of urea groups is 1. The van der Waals surface area contributed by atoms with Crippen LogP contribution < -0.4 is 20.1 Å². The molecule has 0 bridgehead atoms. The second-order valence-corrected chi connectivity index (χ2v) is 5.65. The smallest absolute Gasteiger partial charge is 0.315 e. The number of amides is 2. The van der Waals surface area contributed by atoms with Crippen LogP contribution in [-0.2, 0) is 0 Å². The molecule has 1 aromatic carbocycles. The Morgan fingerprint density at radius 2 is 2.00 bits per heavy atom. The van der Waals surface area contributed by atoms with E-state index in [4.69, 9.17) is 13.9 Å². The van der Waals surface area contributed by atoms with Gasteiger partial charge in [0.1, 0.15) is 29.1 Å². The maximum Gasteiger partial charge on any atom is 0.315 e. The lowest BCUT2D eigenvalue weighted by Crippen LogP contribution is -2.39. The molecule has 3 N–H and O–H groups in total. The van der Waals surface area contributed by atoms with Gasteiger partial charge < -0.3 is 29.6 Å². The lowest BCUT2D eigenvalue weighted by molar-refractivity contribution is 0.168. The summed E-state index contributed by atoms with van der Waals surface area (Å²) in [4.78, 5) is 12.0. The molecule has 1 heterocycles. The Labute approximate surface area is 146 Å². The van der Waals surface area contributed by atoms with E-state index in [-0.39, 0.29) is 12.6 Å². The van der Waals surface area contributed by atoms with Gasteiger partial charge in [0.25, 0.3) is 0 Å². The highest BCUT2D eigenvalue weighted by atomic mass is 16.5. The van der Waals surface area contributed by atoms with Crippen LogP contribution in [0, 0.1) is 6.92 Å². The predicted octanol–water partition coefficient (Wildman–Crippen LogP) is 2.70. The van der Waals surface area contributed by atoms with Crippen molar-refractivity contribution in [3.63, 3.8) is 0 Å². The first-order chi connectivity index (χ1) is 11.9. The summed E-state index contributed by atoms with van der Waals surface area (Å²) >= 11 is 0. The molecular formula is C18H24N2O5. The van der Waals surface area contributed by atoms with E-state index in [0.29, 0.717) is 22.8 Å². The normalized spacial score (nSPS) is 13.0. The highest BCUT2D eigenvalue weighted by Gasteiger charge is 2.17. The minimum absolute atomic E-state index is 0.0270. The minimum atomic E-state index is -0.933. The summed E-state index contributed by atoms with van der Waals surface area (Å²) < 4.78 is 15.9. The average Bonchev–Trinajstić information content (AvgIpc) is 3.05. The molecule has 0 unspecified atom stereocenters. The molecule has 2 aromatic rings. The second-order valence-electron chi connectivity index (χ2n) is 5.65. The molecular weight excluding hydrogens is 324 g/mol. The molecule has 2 rings (SSSR count). The van der Waals surface area contributed by atoms with Crippen LogP contribution >= 0.6 is 0 Å². The largest absolute Gasteiger partial charge is 0.497 e. The molecule has 136 valence electrons. The van der Waals surface area contributed by atoms with Crippen molar-refractivity contribution in [1.29, 1.82) is 0 Å². The van der Waals surface area contributed by atoms with Crippen LogP contribution in [0.25, 0.3) is 0 Å². The molecule has 0 aliphatic rings. The average molecular weight is 348 g/mol. The number of aliphatic hydroxyl groups excluding tert-OH is 1. The second kappa shape index (κ2) is 8.43. The van der Waals surface area contributed by atoms with Gasteiger partial charge in [-0.3, -0.25) is 0 Å². The number of ether oxygens (including phenoxy) is 2. The topological polar surface area (TPSA) is 93.0 Å². The number of nitrogens with one attached hydrogen (secondary N) is 2. The first-order valence-corrected chi connectivity index (χ1v) is 7.95. The highest BCUT2D eigenvalue weighted by Crippen LogP contribution is 2.29. The first-order valence-electron chi connectivity index (χ1n) is 7.95. The van der Waals surface area contributed by atoms with Crippen LogP contribution in [0.15, 0.2) is 34.7 Å². The summed E-state index contributed by atoms with van der Waals surface area (Å²) in [5.41, 5.74) is 0.539. The Morgan fingerprint density at radius 1 is 1.24 bits per heavy atom. The molecule has 25 heavy (non-hydrogen) atoms. The third-order valence-corrected chi connectivity index (χ3v) is 3.79. The van der Waals surface area contributed by atoms with Gasteiger partial charge in [0.2, 0.25) is 0 Å². The van der Waals surface area contributed by atoms with Crippen LogP contribution in [0.1, 0.15) is 36.2 Å². The van der Waals surface area contributed by atoms with E-state index in [1.165, 1.54) is 7.11 Å². The number of aliphatic hydroxyl groups is 1. The van der Waals surface area contributed by atoms with E-state index in [1.807, 2.05) is 26.0 Å². The lowest BCUT2D eigenvalue weighted by Gasteiger charge is -2.18. The predicted molar refractivity (Wildman–Crippen MR) is 92.9 cm³/mol. The fraction of sp³-hybridized carbons (Fsp3) is 0.389. The number of aryl methyl sites for hydroxylation is 1. The van der Waals surface area contributed by atoms with E-state index in [9.17, 15) is 9.90 Å². The Hall–Kier alpha value is -2.67. The van der Waals surface area contributed by atoms with Crippen LogP contribution in [0.2, 0.25) is 0 Å². The zero-order chi connectivity index (χ0) is 18.4. The number of carbonyl (C=O) groups is 1. The molecule has 7 nitrogen and oxygen atoms in total. The summed E-state index contributed by atoms with van der Waals surface area (Å²) in [6.45, 7) is 3.69. The molecule has 2 amide bonds. The maximum absolute atomic E-state index is 12.0. The number of benzene rings is 1. The summed E-state index contributed by atoms with van der Waals surface area (Å²) in [6.07, 6.45) is -0.933. The number of hydrogen-bond donors (Lipinski definition) is 3. The SMILES string of the molecule is COc1ccc(OC)c([C@H](O)CNC(=O)N[C@H](C)c2ccc(C)o2)c1. The van der Waals surface area contributed by atoms with Gasteiger partial charge in [0.05, 0.1) is 20.3 Å². The van der Waals surface area contributed by atoms with E-state index >= 15 is 0 Å². The Bertz CT molecular complexity index is 713. The van der Waals surface area contributed by atoms with Crippen molar-refractivity contribution in [1.82, 2.24) is 10.6 Å². The van der Waals surface area contributed by atoms with E-state index in [1.54, 1.807) is 25.3 Å². The Balaban J connectivity index is 1.93. The molecule has 2 atom stereocenters. The molecule has 0 radical (unpaired) electrons. The van der Waals surface area contributed by atoms with Gasteiger partial charge in [-0.05, 0) is 44.2 Å². The van der Waals surface area contributed by atoms with Gasteiger partial charge in [-0.25, -0.2) is 4.79 Å². The van der Waals surface area contributed by atoms with Crippen molar-refractivity contribution in [2.24, 2.45) is 0 Å². The fourth-order valence-electron chi connectivity index (χ4n) is 2.40. The number of furan rings is 1. The van der Waals surface area contributed by atoms with Crippen molar-refractivity contribution in [2.75, 3.05) is 20.8 Å². The van der Waals surface area contributed by atoms with E-state index in [0.717, 1.165) is 5.76 Å². The molecule has 1 aromatic heterocycles. The van der Waals surface area contributed by atoms with Crippen molar-refractivity contribution in [2.45, 2.75) is 26.0 Å². The lowest BCUT2D eigenvalue weighted by atomic mass is 10.1. The summed E-state index contributed by atoms with van der Waals surface area (Å²) in [5.74, 6) is 2.57. The third-order valence-electron chi connectivity index (χ3n) is 3.79. The van der Waals surface area contributed by atoms with Crippen LogP contribution in [-0.4, -0.2) is 31.9 Å². The van der Waals surface area contributed by atoms with Crippen molar-refractivity contribution < 1.29 is 23.8 Å². The minimum Gasteiger partial charge on any atom is -0.497 e. The van der Waals surface area contributed by atoms with Gasteiger partial charge in [-0.2, -0.15) is 0 Å². The molecule has 0 aliphatic carbocycles. The van der Waals surface area contributed by atoms with Crippen LogP contribution in [0.3, 0.4) is 0 Å². The molecule has 7 heteroatoms. The highest BCUT2D eigenvalue weighted by molar-refractivity contribution is 5.74. The van der Waals surface area contributed by atoms with Gasteiger partial charge in [0, 0.05) is 12.1 Å². The zero-order valence-electron chi connectivity index (χ0n) is 14.8. The molecule has 0 aliphatic heterocycles. The van der Waals surface area contributed by atoms with Gasteiger partial charge >= 0.3 is 6.03 Å². The molecule has 0 spiro atoms. The monoisotopic (exact) mass is 348 g/mol. The molecule has 0 saturated heterocycles. The summed E-state index contributed by atoms with van der Waals surface area (Å²) in [7, 11) is 3.06. The number of methoxy groups -OCH3 is 2. The quantitative estimate of drug-likeness (QED) is 0.715. The Kier molecular flexibility index (Phi) is 6.30. The van der Waals surface area contributed by atoms with Crippen molar-refractivity contribution in [3.8, 4) is 11.5 Å². The summed E-state index contributed by atoms with van der Waals surface area (Å²) in [5, 5.41) is 15.8. The standard InChI is InChI=1S/C18H24N2O5/c1-11-5-7-16(25-11)12(2)20-18(22)19-10-15(21)14-9-13(23-3)6-8-17(14)24-4/h5-9,12,15,21H,10H2,1-4H3,(H2,19,20,22)/t12-,15-/m1/s1. The van der Waals surface area contributed by atoms with Gasteiger partial charge in [0.15, 0.2) is 0 Å². The number of rotatable bonds is 7. The van der Waals surface area contributed by atoms with Crippen molar-refractivity contribution in [3.05, 3.63) is 47.4 Å². The summed E-state index contributed by atoms with van der Waals surface area (Å²) in [6, 6.07) is 8.10. The van der Waals surface area contributed by atoms with E-state index in [2.05, 4.69) is 10.6 Å². The van der Waals surface area contributed by atoms with Crippen molar-refractivity contribution >= 4 is 6.03 Å². The Morgan fingerprint density at radius 3 is 2.60 bits per heavy atom.